The number of pyridine rings is 1. The largest absolute Gasteiger partial charge is 0.444 e. The van der Waals surface area contributed by atoms with Crippen LogP contribution in [0.3, 0.4) is 0 Å². The molecule has 0 N–H and O–H groups in total. The summed E-state index contributed by atoms with van der Waals surface area (Å²) >= 11 is 0. The molecule has 0 bridgehead atoms. The van der Waals surface area contributed by atoms with E-state index in [-0.39, 0.29) is 6.09 Å². The van der Waals surface area contributed by atoms with Crippen molar-refractivity contribution in [3.05, 3.63) is 42.2 Å². The number of amides is 1. The van der Waals surface area contributed by atoms with E-state index in [1.807, 2.05) is 64.2 Å². The molecule has 0 aliphatic carbocycles. The summed E-state index contributed by atoms with van der Waals surface area (Å²) in [5.74, 6) is 0. The summed E-state index contributed by atoms with van der Waals surface area (Å²) in [7, 11) is 0. The first-order chi connectivity index (χ1) is 9.89. The van der Waals surface area contributed by atoms with Gasteiger partial charge in [0, 0.05) is 18.1 Å². The van der Waals surface area contributed by atoms with Gasteiger partial charge in [0.2, 0.25) is 0 Å². The lowest BCUT2D eigenvalue weighted by Gasteiger charge is -2.26. The Morgan fingerprint density at radius 2 is 1.90 bits per heavy atom. The summed E-state index contributed by atoms with van der Waals surface area (Å²) in [5.41, 5.74) is 0.378. The first-order valence-corrected chi connectivity index (χ1v) is 7.20. The lowest BCUT2D eigenvalue weighted by molar-refractivity contribution is 0.0242. The topological polar surface area (TPSA) is 42.4 Å². The number of benzene rings is 1. The van der Waals surface area contributed by atoms with Crippen molar-refractivity contribution in [2.75, 3.05) is 6.54 Å². The summed E-state index contributed by atoms with van der Waals surface area (Å²) in [4.78, 5) is 18.2. The molecule has 1 aromatic heterocycles. The van der Waals surface area contributed by atoms with E-state index in [0.717, 1.165) is 16.5 Å². The number of aromatic nitrogens is 1. The first-order valence-electron chi connectivity index (χ1n) is 7.20. The van der Waals surface area contributed by atoms with Gasteiger partial charge in [0.25, 0.3) is 0 Å². The molecule has 0 aliphatic rings. The van der Waals surface area contributed by atoms with Gasteiger partial charge in [0.05, 0.1) is 12.2 Å². The van der Waals surface area contributed by atoms with Crippen LogP contribution in [0.15, 0.2) is 36.5 Å². The van der Waals surface area contributed by atoms with Gasteiger partial charge < -0.3 is 9.64 Å². The van der Waals surface area contributed by atoms with Gasteiger partial charge in [-0.3, -0.25) is 4.98 Å². The zero-order valence-corrected chi connectivity index (χ0v) is 13.1. The van der Waals surface area contributed by atoms with Crippen LogP contribution in [0.5, 0.6) is 0 Å². The molecule has 1 amide bonds. The third kappa shape index (κ3) is 4.18. The van der Waals surface area contributed by atoms with Crippen molar-refractivity contribution in [2.24, 2.45) is 0 Å². The second-order valence-electron chi connectivity index (χ2n) is 6.02. The number of nitrogens with zero attached hydrogens (tertiary/aromatic N) is 2. The highest BCUT2D eigenvalue weighted by Crippen LogP contribution is 2.16. The molecule has 112 valence electrons. The molecule has 21 heavy (non-hydrogen) atoms. The Hall–Kier alpha value is -2.10. The number of hydrogen-bond donors (Lipinski definition) is 0. The van der Waals surface area contributed by atoms with E-state index in [2.05, 4.69) is 4.98 Å². The van der Waals surface area contributed by atoms with Crippen molar-refractivity contribution in [2.45, 2.75) is 39.8 Å². The fourth-order valence-corrected chi connectivity index (χ4v) is 2.04. The van der Waals surface area contributed by atoms with Crippen LogP contribution in [0.2, 0.25) is 0 Å². The van der Waals surface area contributed by atoms with Gasteiger partial charge in [0.1, 0.15) is 5.60 Å². The van der Waals surface area contributed by atoms with E-state index in [9.17, 15) is 4.79 Å². The zero-order valence-electron chi connectivity index (χ0n) is 13.1. The van der Waals surface area contributed by atoms with Crippen molar-refractivity contribution >= 4 is 16.9 Å². The highest BCUT2D eigenvalue weighted by atomic mass is 16.6. The number of rotatable bonds is 3. The highest BCUT2D eigenvalue weighted by molar-refractivity contribution is 5.81. The Balaban J connectivity index is 2.14. The normalized spacial score (nSPS) is 11.4. The summed E-state index contributed by atoms with van der Waals surface area (Å²) in [6, 6.07) is 10.1. The molecule has 2 aromatic rings. The Bertz CT molecular complexity index is 632. The van der Waals surface area contributed by atoms with Gasteiger partial charge >= 0.3 is 6.09 Å². The maximum Gasteiger partial charge on any atom is 0.410 e. The molecular weight excluding hydrogens is 264 g/mol. The molecule has 4 heteroatoms. The monoisotopic (exact) mass is 286 g/mol. The molecule has 0 spiro atoms. The summed E-state index contributed by atoms with van der Waals surface area (Å²) in [6.45, 7) is 8.58. The second-order valence-corrected chi connectivity index (χ2v) is 6.02. The van der Waals surface area contributed by atoms with Gasteiger partial charge in [-0.05, 0) is 39.1 Å². The molecule has 4 nitrogen and oxygen atoms in total. The van der Waals surface area contributed by atoms with Crippen LogP contribution in [0, 0.1) is 0 Å². The van der Waals surface area contributed by atoms with Crippen molar-refractivity contribution < 1.29 is 9.53 Å². The van der Waals surface area contributed by atoms with Gasteiger partial charge in [-0.2, -0.15) is 0 Å². The quantitative estimate of drug-likeness (QED) is 0.856. The number of fused-ring (bicyclic) bond motifs is 1. The SMILES string of the molecule is CCN(Cc1cc2ccccc2cn1)C(=O)OC(C)(C)C. The molecule has 0 radical (unpaired) electrons. The van der Waals surface area contributed by atoms with Gasteiger partial charge in [-0.25, -0.2) is 4.79 Å². The predicted molar refractivity (Wildman–Crippen MR) is 84.1 cm³/mol. The molecule has 2 rings (SSSR count). The number of carbonyl (C=O) groups is 1. The van der Waals surface area contributed by atoms with Crippen LogP contribution >= 0.6 is 0 Å². The van der Waals surface area contributed by atoms with E-state index in [4.69, 9.17) is 4.74 Å². The van der Waals surface area contributed by atoms with Crippen LogP contribution in [-0.4, -0.2) is 28.1 Å². The maximum atomic E-state index is 12.1. The van der Waals surface area contributed by atoms with Gasteiger partial charge in [-0.1, -0.05) is 24.3 Å². The average Bonchev–Trinajstić information content (AvgIpc) is 2.42. The second kappa shape index (κ2) is 6.12. The van der Waals surface area contributed by atoms with Crippen LogP contribution in [0.4, 0.5) is 4.79 Å². The van der Waals surface area contributed by atoms with Gasteiger partial charge in [-0.15, -0.1) is 0 Å². The van der Waals surface area contributed by atoms with Crippen LogP contribution in [0.1, 0.15) is 33.4 Å². The molecule has 0 fully saturated rings. The fourth-order valence-electron chi connectivity index (χ4n) is 2.04. The van der Waals surface area contributed by atoms with Gasteiger partial charge in [0.15, 0.2) is 0 Å². The minimum atomic E-state index is -0.485. The number of ether oxygens (including phenoxy) is 1. The first kappa shape index (κ1) is 15.3. The lowest BCUT2D eigenvalue weighted by atomic mass is 10.1. The smallest absolute Gasteiger partial charge is 0.410 e. The molecule has 0 aliphatic heterocycles. The molecule has 1 aromatic carbocycles. The van der Waals surface area contributed by atoms with Crippen LogP contribution < -0.4 is 0 Å². The number of hydrogen-bond acceptors (Lipinski definition) is 3. The van der Waals surface area contributed by atoms with E-state index in [1.54, 1.807) is 4.90 Å². The third-order valence-electron chi connectivity index (χ3n) is 3.07. The van der Waals surface area contributed by atoms with Crippen molar-refractivity contribution in [1.29, 1.82) is 0 Å². The molecular formula is C17H22N2O2. The summed E-state index contributed by atoms with van der Waals surface area (Å²) in [6.07, 6.45) is 1.54. The molecule has 0 saturated carbocycles. The fraction of sp³-hybridized carbons (Fsp3) is 0.412. The predicted octanol–water partition coefficient (Wildman–Crippen LogP) is 3.99. The van der Waals surface area contributed by atoms with E-state index in [1.165, 1.54) is 0 Å². The van der Waals surface area contributed by atoms with E-state index >= 15 is 0 Å². The van der Waals surface area contributed by atoms with E-state index in [0.29, 0.717) is 13.1 Å². The van der Waals surface area contributed by atoms with Crippen LogP contribution in [0.25, 0.3) is 10.8 Å². The minimum absolute atomic E-state index is 0.306. The third-order valence-corrected chi connectivity index (χ3v) is 3.07. The Morgan fingerprint density at radius 3 is 2.52 bits per heavy atom. The molecule has 0 atom stereocenters. The highest BCUT2D eigenvalue weighted by Gasteiger charge is 2.21. The summed E-state index contributed by atoms with van der Waals surface area (Å²) < 4.78 is 5.41. The maximum absolute atomic E-state index is 12.1. The van der Waals surface area contributed by atoms with Crippen molar-refractivity contribution in [3.63, 3.8) is 0 Å². The lowest BCUT2D eigenvalue weighted by Crippen LogP contribution is -2.36. The Labute approximate surface area is 125 Å². The summed E-state index contributed by atoms with van der Waals surface area (Å²) in [5, 5.41) is 2.23. The Kier molecular flexibility index (Phi) is 4.46. The molecule has 1 heterocycles. The van der Waals surface area contributed by atoms with E-state index < -0.39 is 5.60 Å². The zero-order chi connectivity index (χ0) is 15.5. The molecule has 0 unspecified atom stereocenters. The molecule has 0 saturated heterocycles. The van der Waals surface area contributed by atoms with Crippen molar-refractivity contribution in [3.8, 4) is 0 Å². The Morgan fingerprint density at radius 1 is 1.24 bits per heavy atom. The average molecular weight is 286 g/mol. The van der Waals surface area contributed by atoms with Crippen molar-refractivity contribution in [1.82, 2.24) is 9.88 Å². The van der Waals surface area contributed by atoms with Crippen LogP contribution in [-0.2, 0) is 11.3 Å². The standard InChI is InChI=1S/C17H22N2O2/c1-5-19(16(20)21-17(2,3)4)12-15-10-13-8-6-7-9-14(13)11-18-15/h6-11H,5,12H2,1-4H3. The number of carbonyl (C=O) groups excluding carboxylic acids is 1. The minimum Gasteiger partial charge on any atom is -0.444 e.